The molecule has 13 atom stereocenters. The molecule has 0 spiro atoms. The summed E-state index contributed by atoms with van der Waals surface area (Å²) < 4.78 is 0. The molecule has 1 aromatic carbocycles. The number of aromatic hydroxyl groups is 1. The third kappa shape index (κ3) is 20.5. The van der Waals surface area contributed by atoms with Gasteiger partial charge in [0.1, 0.15) is 72.2 Å². The number of phenols is 1. The summed E-state index contributed by atoms with van der Waals surface area (Å²) >= 11 is 0. The van der Waals surface area contributed by atoms with Crippen LogP contribution < -0.4 is 59.7 Å². The molecule has 0 aliphatic carbocycles. The van der Waals surface area contributed by atoms with Gasteiger partial charge in [0.05, 0.1) is 19.3 Å². The molecule has 84 heavy (non-hydrogen) atoms. The Morgan fingerprint density at radius 2 is 1.30 bits per heavy atom. The number of rotatable bonds is 19. The van der Waals surface area contributed by atoms with E-state index in [1.54, 1.807) is 13.8 Å². The predicted octanol–water partition coefficient (Wildman–Crippen LogP) is -5.59. The van der Waals surface area contributed by atoms with E-state index < -0.39 is 187 Å². The molecular formula is C52H81N13O17S2. The predicted molar refractivity (Wildman–Crippen MR) is 304 cm³/mol. The summed E-state index contributed by atoms with van der Waals surface area (Å²) in [5, 5.41) is 70.7. The summed E-state index contributed by atoms with van der Waals surface area (Å²) in [7, 11) is 1.60. The minimum atomic E-state index is -1.85. The number of unbranched alkanes of at least 4 members (excludes halogenated alkanes) is 1. The van der Waals surface area contributed by atoms with Crippen molar-refractivity contribution >= 4 is 92.5 Å². The van der Waals surface area contributed by atoms with Crippen LogP contribution in [0.15, 0.2) is 24.3 Å². The topological polar surface area (TPSA) is 487 Å². The van der Waals surface area contributed by atoms with E-state index in [4.69, 9.17) is 17.2 Å². The van der Waals surface area contributed by atoms with E-state index in [9.17, 15) is 83.1 Å². The monoisotopic (exact) mass is 1220 g/mol. The Balaban J connectivity index is 1.82. The number of aliphatic carboxylic acids is 1. The zero-order valence-corrected chi connectivity index (χ0v) is 48.8. The van der Waals surface area contributed by atoms with Crippen molar-refractivity contribution in [2.45, 2.75) is 164 Å². The molecular weight excluding hydrogens is 1140 g/mol. The first kappa shape index (κ1) is 69.7. The summed E-state index contributed by atoms with van der Waals surface area (Å²) in [5.41, 5.74) is 17.3. The standard InChI is InChI=1S/C52H81N13O17S2/c1-4-26(2)40-51(80)65-20-8-11-38(65)50(79)64-19-7-10-37(64)48(77)56-32(16-17-39(55)70)44(73)61-35(46(75)58-33(52(81)82)21-28-12-14-29(69)15-13-28)24-83-84-25-36(60-42(71)30(54)22-66)47(76)63-41(27(3)68)49(78)57-31(9-5-6-18-53)43(72)59-34(23-67)45(74)62-40/h12-15,26-27,30-38,40-41,66-69H,4-11,16-25,53-54H2,1-3H3,(H2,55,70)(H,56,77)(H,57,78)(H,58,75)(H,59,72)(H,60,71)(H,61,73)(H,62,74)(H,63,76)(H,81,82)/t26?,27-,30+,31+,32+,33+,34+,35+,36+,37+,38+,40+,41+/m1/s1. The molecule has 3 aliphatic heterocycles. The van der Waals surface area contributed by atoms with Gasteiger partial charge in [-0.2, -0.15) is 0 Å². The second kappa shape index (κ2) is 34.2. The molecule has 3 saturated heterocycles. The molecule has 0 radical (unpaired) electrons. The number of primary amides is 1. The second-order valence-electron chi connectivity index (χ2n) is 20.9. The number of carboxylic acid groups (broad SMARTS) is 1. The molecule has 3 heterocycles. The number of aliphatic hydroxyl groups is 3. The number of carbonyl (C=O) groups excluding carboxylic acids is 11. The molecule has 0 aromatic heterocycles. The molecule has 11 amide bonds. The molecule has 30 nitrogen and oxygen atoms in total. The van der Waals surface area contributed by atoms with E-state index in [1.165, 1.54) is 34.1 Å². The highest BCUT2D eigenvalue weighted by atomic mass is 33.1. The average Bonchev–Trinajstić information content (AvgIpc) is 4.06. The number of hydrogen-bond donors (Lipinski definition) is 16. The van der Waals surface area contributed by atoms with Crippen molar-refractivity contribution in [2.75, 3.05) is 44.4 Å². The third-order valence-corrected chi connectivity index (χ3v) is 17.0. The Labute approximate surface area is 493 Å². The van der Waals surface area contributed by atoms with E-state index in [2.05, 4.69) is 42.5 Å². The molecule has 4 rings (SSSR count). The van der Waals surface area contributed by atoms with Gasteiger partial charge in [0.15, 0.2) is 0 Å². The van der Waals surface area contributed by atoms with Crippen molar-refractivity contribution in [3.63, 3.8) is 0 Å². The van der Waals surface area contributed by atoms with Gasteiger partial charge in [-0.3, -0.25) is 52.7 Å². The minimum Gasteiger partial charge on any atom is -0.508 e. The summed E-state index contributed by atoms with van der Waals surface area (Å²) in [5.74, 6) is -13.5. The fourth-order valence-corrected chi connectivity index (χ4v) is 11.8. The van der Waals surface area contributed by atoms with E-state index >= 15 is 0 Å². The molecule has 3 aliphatic rings. The lowest BCUT2D eigenvalue weighted by molar-refractivity contribution is -0.149. The summed E-state index contributed by atoms with van der Waals surface area (Å²) in [6, 6.07) is -11.4. The van der Waals surface area contributed by atoms with Crippen LogP contribution in [0.25, 0.3) is 0 Å². The van der Waals surface area contributed by atoms with Gasteiger partial charge >= 0.3 is 5.97 Å². The van der Waals surface area contributed by atoms with Crippen LogP contribution in [-0.2, 0) is 64.0 Å². The van der Waals surface area contributed by atoms with Gasteiger partial charge in [-0.25, -0.2) is 4.79 Å². The highest BCUT2D eigenvalue weighted by molar-refractivity contribution is 8.76. The van der Waals surface area contributed by atoms with Crippen molar-refractivity contribution in [1.29, 1.82) is 0 Å². The number of benzene rings is 1. The van der Waals surface area contributed by atoms with Crippen molar-refractivity contribution < 1.29 is 83.1 Å². The number of carboxylic acids is 1. The van der Waals surface area contributed by atoms with Gasteiger partial charge in [-0.15, -0.1) is 0 Å². The number of amides is 11. The Hall–Kier alpha value is -6.84. The van der Waals surface area contributed by atoms with Gasteiger partial charge in [-0.1, -0.05) is 54.0 Å². The van der Waals surface area contributed by atoms with Crippen LogP contribution in [0.4, 0.5) is 0 Å². The Morgan fingerprint density at radius 3 is 1.89 bits per heavy atom. The second-order valence-corrected chi connectivity index (χ2v) is 23.4. The molecule has 1 aromatic rings. The Morgan fingerprint density at radius 1 is 0.726 bits per heavy atom. The Kier molecular flexibility index (Phi) is 28.4. The van der Waals surface area contributed by atoms with Gasteiger partial charge in [0.2, 0.25) is 65.0 Å². The van der Waals surface area contributed by atoms with Crippen molar-refractivity contribution in [2.24, 2.45) is 23.1 Å². The molecule has 468 valence electrons. The lowest BCUT2D eigenvalue weighted by Crippen LogP contribution is -2.62. The number of carbonyl (C=O) groups is 12. The summed E-state index contributed by atoms with van der Waals surface area (Å²) in [4.78, 5) is 169. The van der Waals surface area contributed by atoms with E-state index in [0.29, 0.717) is 31.2 Å². The number of phenolic OH excluding ortho intramolecular Hbond substituents is 1. The van der Waals surface area contributed by atoms with Gasteiger partial charge in [0, 0.05) is 37.4 Å². The molecule has 1 unspecified atom stereocenters. The fraction of sp³-hybridized carbons (Fsp3) is 0.654. The summed E-state index contributed by atoms with van der Waals surface area (Å²) in [6.07, 6.45) is -1.16. The van der Waals surface area contributed by atoms with Gasteiger partial charge in [-0.05, 0) is 88.4 Å². The first-order chi connectivity index (χ1) is 39.8. The van der Waals surface area contributed by atoms with Crippen molar-refractivity contribution in [3.8, 4) is 5.75 Å². The lowest BCUT2D eigenvalue weighted by Gasteiger charge is -2.35. The number of nitrogens with one attached hydrogen (secondary N) is 8. The molecule has 0 saturated carbocycles. The lowest BCUT2D eigenvalue weighted by atomic mass is 9.96. The van der Waals surface area contributed by atoms with E-state index in [0.717, 1.165) is 28.5 Å². The summed E-state index contributed by atoms with van der Waals surface area (Å²) in [6.45, 7) is 2.97. The highest BCUT2D eigenvalue weighted by Gasteiger charge is 2.46. The largest absolute Gasteiger partial charge is 0.508 e. The SMILES string of the molecule is CCC(C)[C@@H]1NC(=O)[C@H](CO)NC(=O)[C@H](CCCCN)NC(=O)[C@H]([C@@H](C)O)NC(=O)[C@@H](NC(=O)[C@@H](N)CO)CSSC[C@@H](C(=O)N[C@@H](Cc2ccc(O)cc2)C(=O)O)NC(=O)[C@H](CCC(N)=O)NC(=O)[C@@H]2CCCN2C(=O)[C@@H]2CCCN2C1=O. The first-order valence-electron chi connectivity index (χ1n) is 27.8. The maximum Gasteiger partial charge on any atom is 0.326 e. The quantitative estimate of drug-likeness (QED) is 0.0454. The van der Waals surface area contributed by atoms with Crippen LogP contribution in [0.1, 0.15) is 90.5 Å². The van der Waals surface area contributed by atoms with E-state index in [1.807, 2.05) is 0 Å². The van der Waals surface area contributed by atoms with Gasteiger partial charge < -0.3 is 95.1 Å². The zero-order valence-electron chi connectivity index (χ0n) is 47.1. The number of nitrogens with zero attached hydrogens (tertiary/aromatic N) is 2. The van der Waals surface area contributed by atoms with Crippen LogP contribution in [0.3, 0.4) is 0 Å². The zero-order chi connectivity index (χ0) is 62.4. The maximum atomic E-state index is 14.6. The van der Waals surface area contributed by atoms with Crippen LogP contribution in [0.5, 0.6) is 5.75 Å². The minimum absolute atomic E-state index is 0.0524. The first-order valence-corrected chi connectivity index (χ1v) is 30.3. The average molecular weight is 1220 g/mol. The number of hydrogen-bond acceptors (Lipinski definition) is 20. The molecule has 3 fully saturated rings. The Bertz CT molecular complexity index is 2500. The normalized spacial score (nSPS) is 26.4. The van der Waals surface area contributed by atoms with Crippen LogP contribution >= 0.6 is 21.6 Å². The molecule has 0 bridgehead atoms. The van der Waals surface area contributed by atoms with Crippen LogP contribution in [-0.4, -0.2) is 223 Å². The number of aliphatic hydroxyl groups excluding tert-OH is 3. The molecule has 19 N–H and O–H groups in total. The van der Waals surface area contributed by atoms with Crippen LogP contribution in [0.2, 0.25) is 0 Å². The number of nitrogens with two attached hydrogens (primary N) is 3. The van der Waals surface area contributed by atoms with E-state index in [-0.39, 0.29) is 57.5 Å². The number of fused-ring (bicyclic) bond motifs is 2. The maximum absolute atomic E-state index is 14.6. The highest BCUT2D eigenvalue weighted by Crippen LogP contribution is 2.28. The van der Waals surface area contributed by atoms with Crippen molar-refractivity contribution in [3.05, 3.63) is 29.8 Å². The van der Waals surface area contributed by atoms with Crippen molar-refractivity contribution in [1.82, 2.24) is 52.3 Å². The molecule has 32 heteroatoms. The van der Waals surface area contributed by atoms with Gasteiger partial charge in [0.25, 0.3) is 0 Å². The smallest absolute Gasteiger partial charge is 0.326 e. The fourth-order valence-electron chi connectivity index (χ4n) is 9.44. The third-order valence-electron chi connectivity index (χ3n) is 14.5. The van der Waals surface area contributed by atoms with Crippen LogP contribution in [0, 0.1) is 5.92 Å².